The number of carbonyl (C=O) groups is 3. The van der Waals surface area contributed by atoms with Crippen LogP contribution in [0.1, 0.15) is 35.5 Å². The number of hydrogen-bond acceptors (Lipinski definition) is 5. The Morgan fingerprint density at radius 2 is 1.73 bits per heavy atom. The molecule has 0 aliphatic carbocycles. The van der Waals surface area contributed by atoms with Crippen LogP contribution in [0.4, 0.5) is 5.69 Å². The Bertz CT molecular complexity index is 981. The van der Waals surface area contributed by atoms with Crippen molar-refractivity contribution in [2.24, 2.45) is 0 Å². The smallest absolute Gasteiger partial charge is 0.250 e. The predicted molar refractivity (Wildman–Crippen MR) is 118 cm³/mol. The maximum absolute atomic E-state index is 12.0. The summed E-state index contributed by atoms with van der Waals surface area (Å²) in [5.74, 6) is 0.0765. The lowest BCUT2D eigenvalue weighted by Gasteiger charge is -2.11. The zero-order chi connectivity index (χ0) is 22.1. The summed E-state index contributed by atoms with van der Waals surface area (Å²) in [4.78, 5) is 35.7. The van der Waals surface area contributed by atoms with Gasteiger partial charge in [0.1, 0.15) is 11.5 Å². The number of aryl methyl sites for hydroxylation is 3. The summed E-state index contributed by atoms with van der Waals surface area (Å²) in [5, 5.41) is 5.09. The van der Waals surface area contributed by atoms with Gasteiger partial charge >= 0.3 is 0 Å². The number of rotatable bonds is 6. The number of furan rings is 1. The van der Waals surface area contributed by atoms with Crippen molar-refractivity contribution < 1.29 is 18.8 Å². The molecule has 0 aliphatic rings. The maximum Gasteiger partial charge on any atom is 0.250 e. The molecule has 158 valence electrons. The standard InChI is InChI=1S/C21H24N4O4S/c1-13-4-5-14(2)17(12-13)22-18(26)10-11-20(28)24-25-21(30)23-19(27)9-8-16-7-6-15(3)29-16/h4-9,12H,10-11H2,1-3H3,(H,22,26)(H,24,28)(H2,23,25,27,30)/b9-8+. The normalized spacial score (nSPS) is 10.5. The molecule has 30 heavy (non-hydrogen) atoms. The van der Waals surface area contributed by atoms with Gasteiger partial charge < -0.3 is 9.73 Å². The zero-order valence-electron chi connectivity index (χ0n) is 17.0. The summed E-state index contributed by atoms with van der Waals surface area (Å²) in [5.41, 5.74) is 7.45. The van der Waals surface area contributed by atoms with Crippen molar-refractivity contribution in [3.05, 3.63) is 59.1 Å². The van der Waals surface area contributed by atoms with Gasteiger partial charge in [0.05, 0.1) is 0 Å². The maximum atomic E-state index is 12.0. The van der Waals surface area contributed by atoms with Crippen LogP contribution in [0.15, 0.2) is 40.8 Å². The second kappa shape index (κ2) is 10.9. The number of anilines is 1. The summed E-state index contributed by atoms with van der Waals surface area (Å²) in [6.45, 7) is 5.63. The first-order valence-corrected chi connectivity index (χ1v) is 9.65. The van der Waals surface area contributed by atoms with E-state index in [-0.39, 0.29) is 23.9 Å². The second-order valence-corrected chi connectivity index (χ2v) is 7.05. The van der Waals surface area contributed by atoms with Crippen LogP contribution in [-0.2, 0) is 14.4 Å². The molecule has 2 rings (SSSR count). The number of amides is 3. The van der Waals surface area contributed by atoms with Gasteiger partial charge in [-0.2, -0.15) is 0 Å². The third kappa shape index (κ3) is 7.88. The first kappa shape index (κ1) is 22.8. The molecular formula is C21H24N4O4S. The number of nitrogens with one attached hydrogen (secondary N) is 4. The van der Waals surface area contributed by atoms with Crippen molar-refractivity contribution in [2.45, 2.75) is 33.6 Å². The molecule has 0 spiro atoms. The first-order chi connectivity index (χ1) is 14.2. The Labute approximate surface area is 180 Å². The third-order valence-corrected chi connectivity index (χ3v) is 4.16. The zero-order valence-corrected chi connectivity index (χ0v) is 17.8. The lowest BCUT2D eigenvalue weighted by molar-refractivity contribution is -0.124. The molecule has 0 fully saturated rings. The fourth-order valence-electron chi connectivity index (χ4n) is 2.38. The van der Waals surface area contributed by atoms with Crippen LogP contribution in [-0.4, -0.2) is 22.8 Å². The fourth-order valence-corrected chi connectivity index (χ4v) is 2.54. The summed E-state index contributed by atoms with van der Waals surface area (Å²) in [6, 6.07) is 9.26. The lowest BCUT2D eigenvalue weighted by atomic mass is 10.1. The van der Waals surface area contributed by atoms with Crippen LogP contribution < -0.4 is 21.5 Å². The van der Waals surface area contributed by atoms with E-state index in [2.05, 4.69) is 21.5 Å². The van der Waals surface area contributed by atoms with Crippen LogP contribution in [0.3, 0.4) is 0 Å². The van der Waals surface area contributed by atoms with Gasteiger partial charge in [0.25, 0.3) is 0 Å². The number of hydrazine groups is 1. The van der Waals surface area contributed by atoms with Crippen LogP contribution in [0.2, 0.25) is 0 Å². The van der Waals surface area contributed by atoms with Gasteiger partial charge in [0.2, 0.25) is 17.7 Å². The van der Waals surface area contributed by atoms with Gasteiger partial charge in [0.15, 0.2) is 5.11 Å². The average molecular weight is 429 g/mol. The highest BCUT2D eigenvalue weighted by atomic mass is 32.1. The molecule has 0 bridgehead atoms. The Kier molecular flexibility index (Phi) is 8.30. The van der Waals surface area contributed by atoms with Gasteiger partial charge in [-0.05, 0) is 68.4 Å². The van der Waals surface area contributed by atoms with Crippen LogP contribution in [0, 0.1) is 20.8 Å². The predicted octanol–water partition coefficient (Wildman–Crippen LogP) is 2.66. The molecule has 1 heterocycles. The van der Waals surface area contributed by atoms with E-state index in [9.17, 15) is 14.4 Å². The molecule has 0 radical (unpaired) electrons. The van der Waals surface area contributed by atoms with Crippen molar-refractivity contribution in [2.75, 3.05) is 5.32 Å². The van der Waals surface area contributed by atoms with E-state index < -0.39 is 11.8 Å². The first-order valence-electron chi connectivity index (χ1n) is 9.24. The van der Waals surface area contributed by atoms with Gasteiger partial charge in [0, 0.05) is 24.6 Å². The molecule has 3 amide bonds. The Morgan fingerprint density at radius 3 is 2.43 bits per heavy atom. The van der Waals surface area contributed by atoms with E-state index >= 15 is 0 Å². The quantitative estimate of drug-likeness (QED) is 0.320. The summed E-state index contributed by atoms with van der Waals surface area (Å²) in [6.07, 6.45) is 2.72. The van der Waals surface area contributed by atoms with E-state index in [1.54, 1.807) is 19.1 Å². The Hall–Kier alpha value is -3.46. The van der Waals surface area contributed by atoms with Crippen molar-refractivity contribution >= 4 is 46.8 Å². The van der Waals surface area contributed by atoms with Crippen LogP contribution in [0.25, 0.3) is 6.08 Å². The van der Waals surface area contributed by atoms with Gasteiger partial charge in [-0.15, -0.1) is 0 Å². The summed E-state index contributed by atoms with van der Waals surface area (Å²) >= 11 is 4.94. The van der Waals surface area contributed by atoms with Crippen molar-refractivity contribution in [1.82, 2.24) is 16.2 Å². The number of hydrogen-bond donors (Lipinski definition) is 4. The molecule has 0 saturated heterocycles. The molecule has 2 aromatic rings. The molecule has 0 aliphatic heterocycles. The van der Waals surface area contributed by atoms with Gasteiger partial charge in [-0.3, -0.25) is 30.6 Å². The molecule has 0 atom stereocenters. The van der Waals surface area contributed by atoms with E-state index in [1.807, 2.05) is 32.0 Å². The number of carbonyl (C=O) groups excluding carboxylic acids is 3. The monoisotopic (exact) mass is 428 g/mol. The topological polar surface area (TPSA) is 112 Å². The van der Waals surface area contributed by atoms with Gasteiger partial charge in [-0.25, -0.2) is 0 Å². The highest BCUT2D eigenvalue weighted by Gasteiger charge is 2.09. The van der Waals surface area contributed by atoms with E-state index in [4.69, 9.17) is 16.6 Å². The lowest BCUT2D eigenvalue weighted by Crippen LogP contribution is -2.48. The number of thiocarbonyl (C=S) groups is 1. The minimum absolute atomic E-state index is 0.00528. The Balaban J connectivity index is 1.67. The molecule has 1 aromatic heterocycles. The second-order valence-electron chi connectivity index (χ2n) is 6.64. The van der Waals surface area contributed by atoms with E-state index in [0.717, 1.165) is 22.6 Å². The fraction of sp³-hybridized carbons (Fsp3) is 0.238. The largest absolute Gasteiger partial charge is 0.462 e. The molecule has 4 N–H and O–H groups in total. The minimum atomic E-state index is -0.483. The van der Waals surface area contributed by atoms with Crippen molar-refractivity contribution in [1.29, 1.82) is 0 Å². The van der Waals surface area contributed by atoms with Gasteiger partial charge in [-0.1, -0.05) is 12.1 Å². The number of benzene rings is 1. The third-order valence-electron chi connectivity index (χ3n) is 3.96. The molecule has 0 unspecified atom stereocenters. The highest BCUT2D eigenvalue weighted by molar-refractivity contribution is 7.80. The molecule has 0 saturated carbocycles. The summed E-state index contributed by atoms with van der Waals surface area (Å²) < 4.78 is 5.31. The molecule has 8 nitrogen and oxygen atoms in total. The van der Waals surface area contributed by atoms with Crippen molar-refractivity contribution in [3.63, 3.8) is 0 Å². The summed E-state index contributed by atoms with van der Waals surface area (Å²) in [7, 11) is 0. The van der Waals surface area contributed by atoms with Crippen LogP contribution in [0.5, 0.6) is 0 Å². The van der Waals surface area contributed by atoms with Crippen molar-refractivity contribution in [3.8, 4) is 0 Å². The molecule has 9 heteroatoms. The average Bonchev–Trinajstić information content (AvgIpc) is 3.11. The van der Waals surface area contributed by atoms with E-state index in [1.165, 1.54) is 12.2 Å². The van der Waals surface area contributed by atoms with Crippen LogP contribution >= 0.6 is 12.2 Å². The molecular weight excluding hydrogens is 404 g/mol. The molecule has 1 aromatic carbocycles. The Morgan fingerprint density at radius 1 is 1.00 bits per heavy atom. The minimum Gasteiger partial charge on any atom is -0.462 e. The highest BCUT2D eigenvalue weighted by Crippen LogP contribution is 2.16. The SMILES string of the molecule is Cc1ccc(C)c(NC(=O)CCC(=O)NNC(=S)NC(=O)/C=C/c2ccc(C)o2)c1. The van der Waals surface area contributed by atoms with E-state index in [0.29, 0.717) is 5.76 Å².